The van der Waals surface area contributed by atoms with Crippen LogP contribution in [0.4, 0.5) is 0 Å². The molecule has 0 atom stereocenters. The Kier molecular flexibility index (Phi) is 2.86. The fourth-order valence-corrected chi connectivity index (χ4v) is 2.06. The zero-order chi connectivity index (χ0) is 9.80. The van der Waals surface area contributed by atoms with E-state index in [4.69, 9.17) is 0 Å². The van der Waals surface area contributed by atoms with E-state index in [1.165, 1.54) is 4.88 Å². The van der Waals surface area contributed by atoms with E-state index in [1.807, 2.05) is 0 Å². The van der Waals surface area contributed by atoms with Crippen LogP contribution in [0, 0.1) is 18.8 Å². The first-order valence-electron chi connectivity index (χ1n) is 4.80. The van der Waals surface area contributed by atoms with Gasteiger partial charge in [-0.15, -0.1) is 11.3 Å². The average Bonchev–Trinajstić information content (AvgIpc) is 2.63. The second-order valence-corrected chi connectivity index (χ2v) is 4.59. The summed E-state index contributed by atoms with van der Waals surface area (Å²) in [4.78, 5) is 2.48. The van der Waals surface area contributed by atoms with Gasteiger partial charge in [-0.05, 0) is 31.9 Å². The Morgan fingerprint density at radius 1 is 1.21 bits per heavy atom. The normalized spacial score (nSPS) is 14.5. The second kappa shape index (κ2) is 4.30. The average molecular weight is 200 g/mol. The lowest BCUT2D eigenvalue weighted by atomic mass is 10.1. The molecule has 0 aliphatic heterocycles. The molecule has 0 nitrogen and oxygen atoms in total. The van der Waals surface area contributed by atoms with Crippen LogP contribution < -0.4 is 0 Å². The Labute approximate surface area is 89.0 Å². The number of hydrogen-bond acceptors (Lipinski definition) is 1. The van der Waals surface area contributed by atoms with Crippen LogP contribution in [0.1, 0.15) is 22.6 Å². The van der Waals surface area contributed by atoms with Crippen molar-refractivity contribution in [1.29, 1.82) is 0 Å². The summed E-state index contributed by atoms with van der Waals surface area (Å²) in [5.41, 5.74) is 1.15. The van der Waals surface area contributed by atoms with Gasteiger partial charge in [-0.1, -0.05) is 30.1 Å². The van der Waals surface area contributed by atoms with Crippen molar-refractivity contribution < 1.29 is 0 Å². The van der Waals surface area contributed by atoms with Gasteiger partial charge in [0.1, 0.15) is 0 Å². The monoisotopic (exact) mass is 200 g/mol. The first kappa shape index (κ1) is 9.30. The first-order chi connectivity index (χ1) is 6.84. The van der Waals surface area contributed by atoms with Gasteiger partial charge < -0.3 is 0 Å². The molecule has 1 aromatic rings. The molecular formula is C13H12S. The molecule has 0 saturated carbocycles. The zero-order valence-corrected chi connectivity index (χ0v) is 9.03. The maximum Gasteiger partial charge on any atom is 0.0775 e. The van der Waals surface area contributed by atoms with Crippen molar-refractivity contribution in [3.8, 4) is 11.8 Å². The molecule has 0 spiro atoms. The van der Waals surface area contributed by atoms with E-state index in [0.717, 1.165) is 23.3 Å². The molecular weight excluding hydrogens is 188 g/mol. The van der Waals surface area contributed by atoms with Crippen molar-refractivity contribution >= 4 is 11.3 Å². The van der Waals surface area contributed by atoms with E-state index in [1.54, 1.807) is 11.3 Å². The van der Waals surface area contributed by atoms with Gasteiger partial charge in [0, 0.05) is 10.5 Å². The molecule has 0 radical (unpaired) electrons. The molecule has 0 unspecified atom stereocenters. The zero-order valence-electron chi connectivity index (χ0n) is 8.21. The van der Waals surface area contributed by atoms with Crippen molar-refractivity contribution in [3.05, 3.63) is 45.7 Å². The van der Waals surface area contributed by atoms with E-state index in [2.05, 4.69) is 49.1 Å². The molecule has 70 valence electrons. The molecule has 0 saturated heterocycles. The third kappa shape index (κ3) is 2.37. The van der Waals surface area contributed by atoms with Gasteiger partial charge in [0.2, 0.25) is 0 Å². The minimum atomic E-state index is 1.13. The van der Waals surface area contributed by atoms with Crippen LogP contribution >= 0.6 is 11.3 Å². The molecule has 1 aliphatic rings. The van der Waals surface area contributed by atoms with E-state index >= 15 is 0 Å². The summed E-state index contributed by atoms with van der Waals surface area (Å²) >= 11 is 1.75. The standard InChI is InChI=1S/C13H12S/c1-11-7-9-13(14-11)10-8-12-5-3-2-4-6-12/h3,5-7,9H,2,4H2,1H3. The Balaban J connectivity index is 2.13. The molecule has 1 aliphatic carbocycles. The summed E-state index contributed by atoms with van der Waals surface area (Å²) in [7, 11) is 0. The smallest absolute Gasteiger partial charge is 0.0775 e. The molecule has 2 rings (SSSR count). The SMILES string of the molecule is Cc1ccc(C#CC2=CCCC=C2)s1. The second-order valence-electron chi connectivity index (χ2n) is 3.30. The van der Waals surface area contributed by atoms with Gasteiger partial charge in [-0.25, -0.2) is 0 Å². The largest absolute Gasteiger partial charge is 0.132 e. The summed E-state index contributed by atoms with van der Waals surface area (Å²) in [6.45, 7) is 2.11. The van der Waals surface area contributed by atoms with Crippen molar-refractivity contribution in [3.63, 3.8) is 0 Å². The van der Waals surface area contributed by atoms with Crippen LogP contribution in [-0.2, 0) is 0 Å². The predicted octanol–water partition coefficient (Wildman–Crippen LogP) is 3.68. The number of rotatable bonds is 0. The van der Waals surface area contributed by atoms with Gasteiger partial charge in [-0.2, -0.15) is 0 Å². The van der Waals surface area contributed by atoms with Crippen molar-refractivity contribution in [2.24, 2.45) is 0 Å². The van der Waals surface area contributed by atoms with Crippen LogP contribution in [-0.4, -0.2) is 0 Å². The van der Waals surface area contributed by atoms with E-state index < -0.39 is 0 Å². The highest BCUT2D eigenvalue weighted by molar-refractivity contribution is 7.12. The van der Waals surface area contributed by atoms with Crippen LogP contribution in [0.25, 0.3) is 0 Å². The summed E-state index contributed by atoms with van der Waals surface area (Å²) in [6.07, 6.45) is 8.78. The van der Waals surface area contributed by atoms with Crippen LogP contribution in [0.15, 0.2) is 35.9 Å². The number of allylic oxidation sites excluding steroid dienone is 4. The van der Waals surface area contributed by atoms with E-state index in [9.17, 15) is 0 Å². The molecule has 0 fully saturated rings. The van der Waals surface area contributed by atoms with Crippen molar-refractivity contribution in [2.45, 2.75) is 19.8 Å². The quantitative estimate of drug-likeness (QED) is 0.560. The van der Waals surface area contributed by atoms with Crippen LogP contribution in [0.2, 0.25) is 0 Å². The Morgan fingerprint density at radius 3 is 2.79 bits per heavy atom. The molecule has 0 bridgehead atoms. The molecule has 1 heteroatoms. The van der Waals surface area contributed by atoms with Crippen LogP contribution in [0.3, 0.4) is 0 Å². The van der Waals surface area contributed by atoms with E-state index in [0.29, 0.717) is 0 Å². The summed E-state index contributed by atoms with van der Waals surface area (Å²) < 4.78 is 0. The maximum absolute atomic E-state index is 3.19. The Bertz CT molecular complexity index is 435. The highest BCUT2D eigenvalue weighted by Gasteiger charge is 1.93. The fourth-order valence-electron chi connectivity index (χ4n) is 1.34. The summed E-state index contributed by atoms with van der Waals surface area (Å²) in [5, 5.41) is 0. The number of hydrogen-bond donors (Lipinski definition) is 0. The van der Waals surface area contributed by atoms with Gasteiger partial charge in [-0.3, -0.25) is 0 Å². The lowest BCUT2D eigenvalue weighted by Crippen LogP contribution is -1.80. The third-order valence-corrected chi connectivity index (χ3v) is 2.98. The van der Waals surface area contributed by atoms with Crippen molar-refractivity contribution in [1.82, 2.24) is 0 Å². The van der Waals surface area contributed by atoms with Crippen molar-refractivity contribution in [2.75, 3.05) is 0 Å². The number of thiophene rings is 1. The minimum absolute atomic E-state index is 1.13. The highest BCUT2D eigenvalue weighted by Crippen LogP contribution is 2.14. The maximum atomic E-state index is 3.19. The lowest BCUT2D eigenvalue weighted by molar-refractivity contribution is 1.03. The number of aryl methyl sites for hydroxylation is 1. The summed E-state index contributed by atoms with van der Waals surface area (Å²) in [5.74, 6) is 6.37. The first-order valence-corrected chi connectivity index (χ1v) is 5.61. The van der Waals surface area contributed by atoms with Gasteiger partial charge in [0.15, 0.2) is 0 Å². The Morgan fingerprint density at radius 2 is 2.14 bits per heavy atom. The van der Waals surface area contributed by atoms with Gasteiger partial charge in [0.05, 0.1) is 4.88 Å². The lowest BCUT2D eigenvalue weighted by Gasteiger charge is -1.97. The van der Waals surface area contributed by atoms with E-state index in [-0.39, 0.29) is 0 Å². The molecule has 14 heavy (non-hydrogen) atoms. The van der Waals surface area contributed by atoms with Gasteiger partial charge >= 0.3 is 0 Å². The topological polar surface area (TPSA) is 0 Å². The predicted molar refractivity (Wildman–Crippen MR) is 62.4 cm³/mol. The molecule has 1 heterocycles. The molecule has 0 amide bonds. The molecule has 0 aromatic carbocycles. The minimum Gasteiger partial charge on any atom is -0.132 e. The molecule has 0 N–H and O–H groups in total. The Hall–Kier alpha value is -1.26. The highest BCUT2D eigenvalue weighted by atomic mass is 32.1. The molecule has 1 aromatic heterocycles. The fraction of sp³-hybridized carbons (Fsp3) is 0.231. The third-order valence-electron chi connectivity index (χ3n) is 2.07. The van der Waals surface area contributed by atoms with Crippen LogP contribution in [0.5, 0.6) is 0 Å². The summed E-state index contributed by atoms with van der Waals surface area (Å²) in [6, 6.07) is 4.19. The van der Waals surface area contributed by atoms with Gasteiger partial charge in [0.25, 0.3) is 0 Å².